The SMILES string of the molecule is CC[N+](CC)(CC)C(C)OC(=O)C(O)(c1ccccc1)c1ccccc1. The van der Waals surface area contributed by atoms with Crippen LogP contribution in [-0.4, -0.2) is 41.4 Å². The maximum absolute atomic E-state index is 13.2. The number of esters is 1. The van der Waals surface area contributed by atoms with Gasteiger partial charge in [0.05, 0.1) is 19.6 Å². The Balaban J connectivity index is 2.42. The van der Waals surface area contributed by atoms with Crippen molar-refractivity contribution in [3.05, 3.63) is 71.8 Å². The second-order valence-corrected chi connectivity index (χ2v) is 6.61. The summed E-state index contributed by atoms with van der Waals surface area (Å²) >= 11 is 0. The molecule has 4 nitrogen and oxygen atoms in total. The second kappa shape index (κ2) is 8.47. The van der Waals surface area contributed by atoms with Crippen molar-refractivity contribution in [2.45, 2.75) is 39.5 Å². The van der Waals surface area contributed by atoms with E-state index in [0.29, 0.717) is 15.6 Å². The molecule has 0 radical (unpaired) electrons. The fraction of sp³-hybridized carbons (Fsp3) is 0.409. The van der Waals surface area contributed by atoms with Gasteiger partial charge >= 0.3 is 5.97 Å². The van der Waals surface area contributed by atoms with E-state index in [9.17, 15) is 9.90 Å². The van der Waals surface area contributed by atoms with E-state index in [1.54, 1.807) is 24.3 Å². The molecular weight excluding hydrogens is 326 g/mol. The van der Waals surface area contributed by atoms with Gasteiger partial charge in [0.25, 0.3) is 0 Å². The Morgan fingerprint density at radius 1 is 0.923 bits per heavy atom. The van der Waals surface area contributed by atoms with Crippen molar-refractivity contribution < 1.29 is 19.1 Å². The molecule has 0 amide bonds. The summed E-state index contributed by atoms with van der Waals surface area (Å²) < 4.78 is 6.50. The fourth-order valence-corrected chi connectivity index (χ4v) is 3.56. The number of hydrogen-bond acceptors (Lipinski definition) is 3. The van der Waals surface area contributed by atoms with Gasteiger partial charge in [0.1, 0.15) is 0 Å². The lowest BCUT2D eigenvalue weighted by Gasteiger charge is -2.41. The molecule has 1 N–H and O–H groups in total. The van der Waals surface area contributed by atoms with E-state index in [1.165, 1.54) is 0 Å². The Morgan fingerprint density at radius 3 is 1.65 bits per heavy atom. The molecule has 26 heavy (non-hydrogen) atoms. The van der Waals surface area contributed by atoms with Crippen LogP contribution in [0.25, 0.3) is 0 Å². The van der Waals surface area contributed by atoms with E-state index in [-0.39, 0.29) is 6.23 Å². The molecule has 0 bridgehead atoms. The van der Waals surface area contributed by atoms with Crippen molar-refractivity contribution in [3.63, 3.8) is 0 Å². The smallest absolute Gasteiger partial charge is 0.352 e. The lowest BCUT2D eigenvalue weighted by atomic mass is 9.86. The number of carbonyl (C=O) groups excluding carboxylic acids is 1. The summed E-state index contributed by atoms with van der Waals surface area (Å²) in [6, 6.07) is 18.0. The van der Waals surface area contributed by atoms with Gasteiger partial charge in [-0.15, -0.1) is 0 Å². The normalized spacial score (nSPS) is 13.3. The largest absolute Gasteiger partial charge is 0.410 e. The number of hydrogen-bond donors (Lipinski definition) is 1. The minimum atomic E-state index is -1.83. The van der Waals surface area contributed by atoms with E-state index in [1.807, 2.05) is 43.3 Å². The molecular formula is C22H30NO3+. The summed E-state index contributed by atoms with van der Waals surface area (Å²) in [5, 5.41) is 11.5. The maximum atomic E-state index is 13.2. The molecule has 0 aliphatic carbocycles. The zero-order valence-electron chi connectivity index (χ0n) is 16.2. The second-order valence-electron chi connectivity index (χ2n) is 6.61. The molecule has 0 saturated carbocycles. The molecule has 0 heterocycles. The van der Waals surface area contributed by atoms with Crippen molar-refractivity contribution in [3.8, 4) is 0 Å². The first kappa shape index (κ1) is 20.1. The van der Waals surface area contributed by atoms with Crippen LogP contribution in [0, 0.1) is 0 Å². The summed E-state index contributed by atoms with van der Waals surface area (Å²) in [4.78, 5) is 13.2. The quantitative estimate of drug-likeness (QED) is 0.446. The topological polar surface area (TPSA) is 46.5 Å². The minimum Gasteiger partial charge on any atom is -0.410 e. The molecule has 0 fully saturated rings. The summed E-state index contributed by atoms with van der Waals surface area (Å²) in [5.74, 6) is -0.639. The molecule has 0 saturated heterocycles. The summed E-state index contributed by atoms with van der Waals surface area (Å²) in [6.07, 6.45) is -0.346. The number of nitrogens with zero attached hydrogens (tertiary/aromatic N) is 1. The molecule has 2 rings (SSSR count). The zero-order valence-corrected chi connectivity index (χ0v) is 16.2. The molecule has 4 heteroatoms. The van der Waals surface area contributed by atoms with E-state index < -0.39 is 11.6 Å². The molecule has 0 aliphatic heterocycles. The number of carbonyl (C=O) groups is 1. The Labute approximate surface area is 156 Å². The number of rotatable bonds is 8. The van der Waals surface area contributed by atoms with Gasteiger partial charge in [0.15, 0.2) is 0 Å². The predicted octanol–water partition coefficient (Wildman–Crippen LogP) is 3.69. The fourth-order valence-electron chi connectivity index (χ4n) is 3.56. The third-order valence-electron chi connectivity index (χ3n) is 5.62. The lowest BCUT2D eigenvalue weighted by molar-refractivity contribution is -0.963. The van der Waals surface area contributed by atoms with Gasteiger partial charge in [-0.3, -0.25) is 4.48 Å². The molecule has 0 aromatic heterocycles. The van der Waals surface area contributed by atoms with Crippen LogP contribution in [0.1, 0.15) is 38.8 Å². The first-order valence-corrected chi connectivity index (χ1v) is 9.34. The van der Waals surface area contributed by atoms with Gasteiger partial charge in [-0.05, 0) is 31.9 Å². The highest BCUT2D eigenvalue weighted by Gasteiger charge is 2.44. The Morgan fingerprint density at radius 2 is 1.31 bits per heavy atom. The molecule has 0 aliphatic rings. The Kier molecular flexibility index (Phi) is 6.57. The van der Waals surface area contributed by atoms with Gasteiger partial charge in [-0.25, -0.2) is 4.79 Å². The molecule has 2 aromatic carbocycles. The Hall–Kier alpha value is -2.17. The van der Waals surface area contributed by atoms with Crippen molar-refractivity contribution in [1.82, 2.24) is 0 Å². The average Bonchev–Trinajstić information content (AvgIpc) is 2.70. The van der Waals surface area contributed by atoms with E-state index >= 15 is 0 Å². The summed E-state index contributed by atoms with van der Waals surface area (Å²) in [7, 11) is 0. The standard InChI is InChI=1S/C22H30NO3/c1-5-23(6-2,7-3)18(4)26-21(24)22(25,19-14-10-8-11-15-19)20-16-12-9-13-17-20/h8-18,25H,5-7H2,1-4H3/q+1. The van der Waals surface area contributed by atoms with Crippen molar-refractivity contribution in [2.75, 3.05) is 19.6 Å². The molecule has 1 atom stereocenters. The highest BCUT2D eigenvalue weighted by molar-refractivity contribution is 5.85. The first-order valence-electron chi connectivity index (χ1n) is 9.34. The van der Waals surface area contributed by atoms with Crippen LogP contribution in [0.3, 0.4) is 0 Å². The van der Waals surface area contributed by atoms with Gasteiger partial charge in [0, 0.05) is 6.92 Å². The number of quaternary nitrogens is 1. The monoisotopic (exact) mass is 356 g/mol. The molecule has 2 aromatic rings. The summed E-state index contributed by atoms with van der Waals surface area (Å²) in [5.41, 5.74) is -0.821. The van der Waals surface area contributed by atoms with Crippen LogP contribution >= 0.6 is 0 Å². The van der Waals surface area contributed by atoms with Crippen LogP contribution in [-0.2, 0) is 15.1 Å². The van der Waals surface area contributed by atoms with E-state index in [4.69, 9.17) is 4.74 Å². The van der Waals surface area contributed by atoms with E-state index in [0.717, 1.165) is 19.6 Å². The zero-order chi connectivity index (χ0) is 19.2. The average molecular weight is 356 g/mol. The molecule has 0 spiro atoms. The summed E-state index contributed by atoms with van der Waals surface area (Å²) in [6.45, 7) is 10.8. The molecule has 1 unspecified atom stereocenters. The van der Waals surface area contributed by atoms with Crippen LogP contribution in [0.15, 0.2) is 60.7 Å². The van der Waals surface area contributed by atoms with E-state index in [2.05, 4.69) is 20.8 Å². The predicted molar refractivity (Wildman–Crippen MR) is 103 cm³/mol. The van der Waals surface area contributed by atoms with Crippen LogP contribution in [0.2, 0.25) is 0 Å². The number of ether oxygens (including phenoxy) is 1. The van der Waals surface area contributed by atoms with Crippen molar-refractivity contribution in [1.29, 1.82) is 0 Å². The molecule has 140 valence electrons. The maximum Gasteiger partial charge on any atom is 0.352 e. The van der Waals surface area contributed by atoms with Crippen LogP contribution in [0.4, 0.5) is 0 Å². The van der Waals surface area contributed by atoms with Gasteiger partial charge in [-0.1, -0.05) is 60.7 Å². The van der Waals surface area contributed by atoms with Crippen LogP contribution in [0.5, 0.6) is 0 Å². The minimum absolute atomic E-state index is 0.346. The van der Waals surface area contributed by atoms with Crippen molar-refractivity contribution in [2.24, 2.45) is 0 Å². The first-order chi connectivity index (χ1) is 12.4. The third kappa shape index (κ3) is 3.67. The van der Waals surface area contributed by atoms with Gasteiger partial charge in [-0.2, -0.15) is 0 Å². The Bertz CT molecular complexity index is 648. The number of aliphatic hydroxyl groups is 1. The highest BCUT2D eigenvalue weighted by Crippen LogP contribution is 2.32. The third-order valence-corrected chi connectivity index (χ3v) is 5.62. The van der Waals surface area contributed by atoms with Crippen LogP contribution < -0.4 is 0 Å². The highest BCUT2D eigenvalue weighted by atomic mass is 16.6. The lowest BCUT2D eigenvalue weighted by Crippen LogP contribution is -2.56. The number of benzene rings is 2. The van der Waals surface area contributed by atoms with Gasteiger partial charge in [0.2, 0.25) is 11.8 Å². The van der Waals surface area contributed by atoms with Gasteiger partial charge < -0.3 is 9.84 Å². The van der Waals surface area contributed by atoms with Crippen molar-refractivity contribution >= 4 is 5.97 Å².